The number of hydrogen-bond donors (Lipinski definition) is 0. The summed E-state index contributed by atoms with van der Waals surface area (Å²) in [5.41, 5.74) is 0. The lowest BCUT2D eigenvalue weighted by molar-refractivity contribution is -0.161. The Hall–Kier alpha value is -1.39. The Bertz CT molecular complexity index is 363. The van der Waals surface area contributed by atoms with Gasteiger partial charge in [0.05, 0.1) is 26.1 Å². The highest BCUT2D eigenvalue weighted by Crippen LogP contribution is 2.36. The van der Waals surface area contributed by atoms with Gasteiger partial charge in [-0.25, -0.2) is 0 Å². The maximum absolute atomic E-state index is 12.1. The quantitative estimate of drug-likeness (QED) is 0.740. The van der Waals surface area contributed by atoms with Crippen LogP contribution in [-0.4, -0.2) is 31.9 Å². The van der Waals surface area contributed by atoms with Gasteiger partial charge in [-0.05, 0) is 25.7 Å². The first-order chi connectivity index (χ1) is 9.51. The van der Waals surface area contributed by atoms with Gasteiger partial charge in [0.25, 0.3) is 0 Å². The molecule has 0 heterocycles. The zero-order valence-corrected chi connectivity index (χ0v) is 12.5. The number of rotatable bonds is 4. The largest absolute Gasteiger partial charge is 0.469 e. The van der Waals surface area contributed by atoms with Crippen LogP contribution in [0.15, 0.2) is 0 Å². The summed E-state index contributed by atoms with van der Waals surface area (Å²) >= 11 is 0. The predicted molar refractivity (Wildman–Crippen MR) is 72.9 cm³/mol. The minimum atomic E-state index is -0.573. The summed E-state index contributed by atoms with van der Waals surface area (Å²) in [6.45, 7) is 1.51. The lowest BCUT2D eigenvalue weighted by atomic mass is 9.73. The summed E-state index contributed by atoms with van der Waals surface area (Å²) in [6.07, 6.45) is 4.57. The van der Waals surface area contributed by atoms with Gasteiger partial charge in [0.2, 0.25) is 0 Å². The highest BCUT2D eigenvalue weighted by atomic mass is 16.5. The normalized spacial score (nSPS) is 27.1. The van der Waals surface area contributed by atoms with E-state index >= 15 is 0 Å². The van der Waals surface area contributed by atoms with Gasteiger partial charge in [-0.3, -0.25) is 9.59 Å². The Morgan fingerprint density at radius 3 is 2.10 bits per heavy atom. The van der Waals surface area contributed by atoms with Crippen molar-refractivity contribution in [1.82, 2.24) is 0 Å². The van der Waals surface area contributed by atoms with Crippen LogP contribution in [-0.2, 0) is 23.9 Å². The molecule has 1 aliphatic rings. The van der Waals surface area contributed by atoms with Crippen molar-refractivity contribution in [3.63, 3.8) is 0 Å². The molecule has 0 radical (unpaired) electrons. The summed E-state index contributed by atoms with van der Waals surface area (Å²) in [6, 6.07) is 0. The van der Waals surface area contributed by atoms with Crippen molar-refractivity contribution in [2.75, 3.05) is 14.2 Å². The minimum Gasteiger partial charge on any atom is -0.469 e. The van der Waals surface area contributed by atoms with E-state index < -0.39 is 17.8 Å². The fourth-order valence-electron chi connectivity index (χ4n) is 3.14. The molecule has 0 aromatic rings. The van der Waals surface area contributed by atoms with E-state index in [9.17, 15) is 14.4 Å². The number of Topliss-reactive ketones (excluding diaryl/α,β-unsaturated/α-hetero) is 1. The molecular formula is C15H24O5. The van der Waals surface area contributed by atoms with E-state index in [2.05, 4.69) is 0 Å². The van der Waals surface area contributed by atoms with E-state index in [0.29, 0.717) is 12.8 Å². The van der Waals surface area contributed by atoms with Crippen molar-refractivity contribution in [3.8, 4) is 0 Å². The van der Waals surface area contributed by atoms with Crippen LogP contribution in [0, 0.1) is 17.8 Å². The topological polar surface area (TPSA) is 69.7 Å². The Morgan fingerprint density at radius 2 is 1.55 bits per heavy atom. The minimum absolute atomic E-state index is 0.0353. The summed E-state index contributed by atoms with van der Waals surface area (Å²) < 4.78 is 9.70. The molecule has 5 heteroatoms. The van der Waals surface area contributed by atoms with Crippen LogP contribution in [0.5, 0.6) is 0 Å². The van der Waals surface area contributed by atoms with E-state index in [0.717, 1.165) is 25.7 Å². The van der Waals surface area contributed by atoms with E-state index in [1.54, 1.807) is 0 Å². The third kappa shape index (κ3) is 4.32. The molecule has 0 aromatic heterocycles. The fourth-order valence-corrected chi connectivity index (χ4v) is 3.14. The molecule has 20 heavy (non-hydrogen) atoms. The second kappa shape index (κ2) is 8.02. The summed E-state index contributed by atoms with van der Waals surface area (Å²) in [4.78, 5) is 35.5. The second-order valence-corrected chi connectivity index (χ2v) is 5.48. The number of ether oxygens (including phenoxy) is 2. The highest BCUT2D eigenvalue weighted by Gasteiger charge is 2.41. The Balaban J connectivity index is 3.05. The van der Waals surface area contributed by atoms with Crippen LogP contribution >= 0.6 is 0 Å². The van der Waals surface area contributed by atoms with Gasteiger partial charge in [0, 0.05) is 6.42 Å². The standard InChI is InChI=1S/C15H24O5/c1-10(16)9-11-7-5-4-6-8-12(14(17)19-2)13(11)15(18)20-3/h11-13H,4-9H2,1-3H3. The molecular weight excluding hydrogens is 260 g/mol. The molecule has 1 aliphatic carbocycles. The van der Waals surface area contributed by atoms with Crippen LogP contribution in [0.4, 0.5) is 0 Å². The first-order valence-corrected chi connectivity index (χ1v) is 7.16. The molecule has 3 unspecified atom stereocenters. The van der Waals surface area contributed by atoms with E-state index in [-0.39, 0.29) is 17.7 Å². The number of methoxy groups -OCH3 is 2. The van der Waals surface area contributed by atoms with Crippen molar-refractivity contribution in [2.24, 2.45) is 17.8 Å². The number of ketones is 1. The maximum Gasteiger partial charge on any atom is 0.309 e. The van der Waals surface area contributed by atoms with Gasteiger partial charge < -0.3 is 14.3 Å². The van der Waals surface area contributed by atoms with Gasteiger partial charge >= 0.3 is 11.9 Å². The fraction of sp³-hybridized carbons (Fsp3) is 0.800. The molecule has 0 amide bonds. The SMILES string of the molecule is COC(=O)C1CCCCCC(CC(C)=O)C1C(=O)OC. The van der Waals surface area contributed by atoms with Crippen molar-refractivity contribution in [3.05, 3.63) is 0 Å². The van der Waals surface area contributed by atoms with Crippen LogP contribution < -0.4 is 0 Å². The van der Waals surface area contributed by atoms with Crippen LogP contribution in [0.1, 0.15) is 45.4 Å². The van der Waals surface area contributed by atoms with Crippen molar-refractivity contribution in [2.45, 2.75) is 45.4 Å². The summed E-state index contributed by atoms with van der Waals surface area (Å²) in [5.74, 6) is -1.96. The zero-order chi connectivity index (χ0) is 15.1. The van der Waals surface area contributed by atoms with Gasteiger partial charge in [-0.15, -0.1) is 0 Å². The molecule has 114 valence electrons. The van der Waals surface area contributed by atoms with E-state index in [1.165, 1.54) is 21.1 Å². The van der Waals surface area contributed by atoms with Crippen molar-refractivity contribution in [1.29, 1.82) is 0 Å². The van der Waals surface area contributed by atoms with E-state index in [1.807, 2.05) is 0 Å². The summed E-state index contributed by atoms with van der Waals surface area (Å²) in [5, 5.41) is 0. The van der Waals surface area contributed by atoms with Crippen LogP contribution in [0.25, 0.3) is 0 Å². The molecule has 3 atom stereocenters. The Labute approximate surface area is 120 Å². The monoisotopic (exact) mass is 284 g/mol. The highest BCUT2D eigenvalue weighted by molar-refractivity contribution is 5.83. The van der Waals surface area contributed by atoms with Gasteiger partial charge in [-0.2, -0.15) is 0 Å². The molecule has 0 N–H and O–H groups in total. The molecule has 0 spiro atoms. The molecule has 0 aromatic carbocycles. The summed E-state index contributed by atoms with van der Waals surface area (Å²) in [7, 11) is 2.65. The molecule has 0 aliphatic heterocycles. The first kappa shape index (κ1) is 16.7. The third-order valence-corrected chi connectivity index (χ3v) is 4.06. The zero-order valence-electron chi connectivity index (χ0n) is 12.5. The Kier molecular flexibility index (Phi) is 6.68. The van der Waals surface area contributed by atoms with Crippen LogP contribution in [0.2, 0.25) is 0 Å². The smallest absolute Gasteiger partial charge is 0.309 e. The first-order valence-electron chi connectivity index (χ1n) is 7.16. The predicted octanol–water partition coefficient (Wildman–Crippen LogP) is 2.12. The lowest BCUT2D eigenvalue weighted by Crippen LogP contribution is -2.38. The average molecular weight is 284 g/mol. The van der Waals surface area contributed by atoms with Gasteiger partial charge in [0.1, 0.15) is 5.78 Å². The Morgan fingerprint density at radius 1 is 0.950 bits per heavy atom. The van der Waals surface area contributed by atoms with Crippen molar-refractivity contribution >= 4 is 17.7 Å². The maximum atomic E-state index is 12.1. The number of carbonyl (C=O) groups is 3. The molecule has 1 fully saturated rings. The van der Waals surface area contributed by atoms with Gasteiger partial charge in [-0.1, -0.05) is 19.3 Å². The lowest BCUT2D eigenvalue weighted by Gasteiger charge is -2.32. The number of carbonyl (C=O) groups excluding carboxylic acids is 3. The van der Waals surface area contributed by atoms with Crippen LogP contribution in [0.3, 0.4) is 0 Å². The molecule has 0 saturated heterocycles. The van der Waals surface area contributed by atoms with E-state index in [4.69, 9.17) is 9.47 Å². The van der Waals surface area contributed by atoms with Crippen molar-refractivity contribution < 1.29 is 23.9 Å². The number of esters is 2. The van der Waals surface area contributed by atoms with Gasteiger partial charge in [0.15, 0.2) is 0 Å². The third-order valence-electron chi connectivity index (χ3n) is 4.06. The molecule has 0 bridgehead atoms. The second-order valence-electron chi connectivity index (χ2n) is 5.48. The average Bonchev–Trinajstić information content (AvgIpc) is 2.40. The molecule has 1 rings (SSSR count). The molecule has 5 nitrogen and oxygen atoms in total. The number of hydrogen-bond acceptors (Lipinski definition) is 5. The molecule has 1 saturated carbocycles.